The number of aliphatic hydroxyl groups is 7. The fraction of sp³-hybridized carbons (Fsp3) is 0.929. The SMILES string of the molecule is CC(=O)O[C@@H]1O[C@H](CO[C@@H]2O[C@H](CO)[C@H](O)[C@H](O)[C@H]2O)[C@H](O)[C@H](O)[C@H]1O. The lowest BCUT2D eigenvalue weighted by Gasteiger charge is -2.42. The second-order valence-corrected chi connectivity index (χ2v) is 6.15. The van der Waals surface area contributed by atoms with Gasteiger partial charge >= 0.3 is 5.97 Å². The van der Waals surface area contributed by atoms with Gasteiger partial charge in [0.1, 0.15) is 48.8 Å². The first-order valence-electron chi connectivity index (χ1n) is 7.96. The molecular formula is C14H24O12. The summed E-state index contributed by atoms with van der Waals surface area (Å²) in [6, 6.07) is 0. The molecule has 2 saturated heterocycles. The van der Waals surface area contributed by atoms with Crippen LogP contribution < -0.4 is 0 Å². The Morgan fingerprint density at radius 3 is 1.85 bits per heavy atom. The standard InChI is InChI=1S/C14H24O12/c1-4(16)24-14-12(22)10(20)8(18)6(26-14)3-23-13-11(21)9(19)7(17)5(2-15)25-13/h5-15,17-22H,2-3H2,1H3/t5-,6-,7+,8+,9+,10+,11-,12-,13-,14-/m1/s1. The molecule has 12 nitrogen and oxygen atoms in total. The van der Waals surface area contributed by atoms with E-state index in [0.29, 0.717) is 0 Å². The van der Waals surface area contributed by atoms with Gasteiger partial charge in [-0.2, -0.15) is 0 Å². The highest BCUT2D eigenvalue weighted by Crippen LogP contribution is 2.25. The molecule has 0 radical (unpaired) electrons. The summed E-state index contributed by atoms with van der Waals surface area (Å²) in [7, 11) is 0. The second kappa shape index (κ2) is 8.84. The molecule has 0 amide bonds. The van der Waals surface area contributed by atoms with Gasteiger partial charge in [-0.05, 0) is 0 Å². The van der Waals surface area contributed by atoms with Gasteiger partial charge in [0.15, 0.2) is 6.29 Å². The van der Waals surface area contributed by atoms with Crippen LogP contribution in [0.15, 0.2) is 0 Å². The van der Waals surface area contributed by atoms with Gasteiger partial charge < -0.3 is 54.7 Å². The van der Waals surface area contributed by atoms with E-state index in [0.717, 1.165) is 6.92 Å². The summed E-state index contributed by atoms with van der Waals surface area (Å²) in [5.74, 6) is -0.786. The Morgan fingerprint density at radius 2 is 1.31 bits per heavy atom. The molecule has 2 aliphatic rings. The van der Waals surface area contributed by atoms with E-state index in [4.69, 9.17) is 24.1 Å². The minimum Gasteiger partial charge on any atom is -0.433 e. The van der Waals surface area contributed by atoms with E-state index in [9.17, 15) is 35.4 Å². The maximum Gasteiger partial charge on any atom is 0.305 e. The van der Waals surface area contributed by atoms with E-state index < -0.39 is 80.6 Å². The fourth-order valence-corrected chi connectivity index (χ4v) is 2.71. The van der Waals surface area contributed by atoms with Gasteiger partial charge in [0, 0.05) is 6.92 Å². The third-order valence-corrected chi connectivity index (χ3v) is 4.22. The van der Waals surface area contributed by atoms with Crippen LogP contribution in [-0.2, 0) is 23.7 Å². The van der Waals surface area contributed by atoms with Crippen LogP contribution in [0.5, 0.6) is 0 Å². The first-order chi connectivity index (χ1) is 12.2. The predicted octanol–water partition coefficient (Wildman–Crippen LogP) is -4.83. The summed E-state index contributed by atoms with van der Waals surface area (Å²) in [5, 5.41) is 67.9. The quantitative estimate of drug-likeness (QED) is 0.224. The molecule has 26 heavy (non-hydrogen) atoms. The van der Waals surface area contributed by atoms with E-state index in [1.807, 2.05) is 0 Å². The van der Waals surface area contributed by atoms with E-state index in [1.165, 1.54) is 0 Å². The van der Waals surface area contributed by atoms with E-state index in [1.54, 1.807) is 0 Å². The van der Waals surface area contributed by atoms with Crippen molar-refractivity contribution < 1.29 is 59.5 Å². The van der Waals surface area contributed by atoms with Crippen LogP contribution in [-0.4, -0.2) is 116 Å². The molecule has 2 fully saturated rings. The maximum absolute atomic E-state index is 11.0. The molecule has 0 spiro atoms. The van der Waals surface area contributed by atoms with Gasteiger partial charge in [0.25, 0.3) is 0 Å². The van der Waals surface area contributed by atoms with E-state index in [-0.39, 0.29) is 0 Å². The lowest BCUT2D eigenvalue weighted by molar-refractivity contribution is -0.327. The highest BCUT2D eigenvalue weighted by molar-refractivity contribution is 5.66. The fourth-order valence-electron chi connectivity index (χ4n) is 2.71. The smallest absolute Gasteiger partial charge is 0.305 e. The second-order valence-electron chi connectivity index (χ2n) is 6.15. The Hall–Kier alpha value is -0.930. The monoisotopic (exact) mass is 384 g/mol. The third kappa shape index (κ3) is 4.48. The van der Waals surface area contributed by atoms with E-state index in [2.05, 4.69) is 0 Å². The Kier molecular flexibility index (Phi) is 7.27. The van der Waals surface area contributed by atoms with Crippen LogP contribution in [0.3, 0.4) is 0 Å². The lowest BCUT2D eigenvalue weighted by atomic mass is 9.98. The number of carbonyl (C=O) groups is 1. The molecule has 10 atom stereocenters. The number of esters is 1. The van der Waals surface area contributed by atoms with Crippen molar-refractivity contribution in [3.8, 4) is 0 Å². The first-order valence-corrected chi connectivity index (χ1v) is 7.96. The summed E-state index contributed by atoms with van der Waals surface area (Å²) < 4.78 is 20.2. The first kappa shape index (κ1) is 21.4. The van der Waals surface area contributed by atoms with Crippen LogP contribution in [0.1, 0.15) is 6.92 Å². The average molecular weight is 384 g/mol. The molecule has 2 heterocycles. The molecule has 0 bridgehead atoms. The molecule has 0 aliphatic carbocycles. The van der Waals surface area contributed by atoms with Crippen LogP contribution >= 0.6 is 0 Å². The van der Waals surface area contributed by atoms with Crippen molar-refractivity contribution in [2.75, 3.05) is 13.2 Å². The Bertz CT molecular complexity index is 473. The number of carbonyl (C=O) groups excluding carboxylic acids is 1. The van der Waals surface area contributed by atoms with Crippen LogP contribution in [0.2, 0.25) is 0 Å². The number of aliphatic hydroxyl groups excluding tert-OH is 7. The lowest BCUT2D eigenvalue weighted by Crippen LogP contribution is -2.61. The molecule has 12 heteroatoms. The van der Waals surface area contributed by atoms with Crippen molar-refractivity contribution in [2.45, 2.75) is 68.3 Å². The van der Waals surface area contributed by atoms with Crippen LogP contribution in [0.4, 0.5) is 0 Å². The average Bonchev–Trinajstić information content (AvgIpc) is 2.60. The van der Waals surface area contributed by atoms with Gasteiger partial charge in [-0.25, -0.2) is 0 Å². The van der Waals surface area contributed by atoms with Gasteiger partial charge in [0.2, 0.25) is 6.29 Å². The zero-order valence-electron chi connectivity index (χ0n) is 13.9. The number of hydrogen-bond donors (Lipinski definition) is 7. The van der Waals surface area contributed by atoms with Crippen molar-refractivity contribution in [1.29, 1.82) is 0 Å². The molecule has 0 aromatic heterocycles. The van der Waals surface area contributed by atoms with E-state index >= 15 is 0 Å². The van der Waals surface area contributed by atoms with Gasteiger partial charge in [0.05, 0.1) is 13.2 Å². The third-order valence-electron chi connectivity index (χ3n) is 4.22. The molecule has 0 aromatic rings. The summed E-state index contributed by atoms with van der Waals surface area (Å²) in [4.78, 5) is 11.0. The van der Waals surface area contributed by atoms with Crippen molar-refractivity contribution in [1.82, 2.24) is 0 Å². The minimum absolute atomic E-state index is 0.495. The topological polar surface area (TPSA) is 196 Å². The summed E-state index contributed by atoms with van der Waals surface area (Å²) in [5.41, 5.74) is 0. The highest BCUT2D eigenvalue weighted by Gasteiger charge is 2.47. The van der Waals surface area contributed by atoms with Crippen molar-refractivity contribution >= 4 is 5.97 Å². The predicted molar refractivity (Wildman–Crippen MR) is 78.2 cm³/mol. The van der Waals surface area contributed by atoms with Crippen molar-refractivity contribution in [2.24, 2.45) is 0 Å². The normalized spacial score (nSPS) is 46.8. The molecule has 7 N–H and O–H groups in total. The zero-order chi connectivity index (χ0) is 19.6. The van der Waals surface area contributed by atoms with Crippen molar-refractivity contribution in [3.63, 3.8) is 0 Å². The van der Waals surface area contributed by atoms with Gasteiger partial charge in [-0.3, -0.25) is 4.79 Å². The molecule has 0 aromatic carbocycles. The van der Waals surface area contributed by atoms with Crippen LogP contribution in [0, 0.1) is 0 Å². The number of hydrogen-bond acceptors (Lipinski definition) is 12. The zero-order valence-corrected chi connectivity index (χ0v) is 13.9. The molecule has 0 unspecified atom stereocenters. The summed E-state index contributed by atoms with van der Waals surface area (Å²) in [6.45, 7) is -0.0782. The highest BCUT2D eigenvalue weighted by atomic mass is 16.7. The summed E-state index contributed by atoms with van der Waals surface area (Å²) in [6.07, 6.45) is -15.3. The molecule has 2 aliphatic heterocycles. The molecular weight excluding hydrogens is 360 g/mol. The van der Waals surface area contributed by atoms with Crippen molar-refractivity contribution in [3.05, 3.63) is 0 Å². The number of ether oxygens (including phenoxy) is 4. The van der Waals surface area contributed by atoms with Crippen LogP contribution in [0.25, 0.3) is 0 Å². The summed E-state index contributed by atoms with van der Waals surface area (Å²) >= 11 is 0. The maximum atomic E-state index is 11.0. The molecule has 2 rings (SSSR count). The largest absolute Gasteiger partial charge is 0.433 e. The van der Waals surface area contributed by atoms with Gasteiger partial charge in [-0.1, -0.05) is 0 Å². The Morgan fingerprint density at radius 1 is 0.808 bits per heavy atom. The number of rotatable bonds is 5. The Balaban J connectivity index is 1.99. The minimum atomic E-state index is -1.70. The molecule has 0 saturated carbocycles. The molecule has 152 valence electrons. The Labute approximate surface area is 148 Å². The van der Waals surface area contributed by atoms with Gasteiger partial charge in [-0.15, -0.1) is 0 Å².